The van der Waals surface area contributed by atoms with Crippen LogP contribution in [0.15, 0.2) is 42.6 Å². The summed E-state index contributed by atoms with van der Waals surface area (Å²) in [4.78, 5) is 4.15. The molecule has 0 aliphatic rings. The molecule has 0 fully saturated rings. The lowest BCUT2D eigenvalue weighted by Gasteiger charge is -2.03. The number of benzene rings is 1. The zero-order valence-electron chi connectivity index (χ0n) is 8.27. The van der Waals surface area contributed by atoms with Crippen LogP contribution in [0, 0.1) is 5.82 Å². The molecule has 0 aliphatic carbocycles. The van der Waals surface area contributed by atoms with E-state index in [0.717, 1.165) is 5.56 Å². The van der Waals surface area contributed by atoms with E-state index in [4.69, 9.17) is 4.74 Å². The smallest absolute Gasteiger partial charge is 0.123 e. The number of nitrogens with zero attached hydrogens (tertiary/aromatic N) is 1. The van der Waals surface area contributed by atoms with Crippen molar-refractivity contribution in [2.75, 3.05) is 7.11 Å². The third-order valence-electron chi connectivity index (χ3n) is 2.09. The molecule has 1 aromatic carbocycles. The predicted octanol–water partition coefficient (Wildman–Crippen LogP) is 2.90. The number of halogens is 1. The Morgan fingerprint density at radius 3 is 2.80 bits per heavy atom. The molecule has 0 radical (unpaired) electrons. The van der Waals surface area contributed by atoms with Crippen LogP contribution in [0.25, 0.3) is 11.3 Å². The lowest BCUT2D eigenvalue weighted by Crippen LogP contribution is -1.87. The second kappa shape index (κ2) is 4.09. The number of rotatable bonds is 2. The summed E-state index contributed by atoms with van der Waals surface area (Å²) < 4.78 is 18.0. The number of methoxy groups -OCH3 is 1. The summed E-state index contributed by atoms with van der Waals surface area (Å²) in [5, 5.41) is 0. The second-order valence-corrected chi connectivity index (χ2v) is 3.09. The maximum absolute atomic E-state index is 13.0. The highest BCUT2D eigenvalue weighted by Gasteiger charge is 2.01. The molecule has 2 rings (SSSR count). The normalized spacial score (nSPS) is 10.0. The Balaban J connectivity index is 2.44. The van der Waals surface area contributed by atoms with E-state index in [1.54, 1.807) is 31.5 Å². The van der Waals surface area contributed by atoms with Gasteiger partial charge in [-0.2, -0.15) is 0 Å². The summed E-state index contributed by atoms with van der Waals surface area (Å²) in [6.45, 7) is 0. The van der Waals surface area contributed by atoms with Gasteiger partial charge < -0.3 is 4.74 Å². The first-order valence-corrected chi connectivity index (χ1v) is 4.55. The van der Waals surface area contributed by atoms with Crippen molar-refractivity contribution >= 4 is 0 Å². The first kappa shape index (κ1) is 9.65. The van der Waals surface area contributed by atoms with Gasteiger partial charge in [-0.1, -0.05) is 12.1 Å². The summed E-state index contributed by atoms with van der Waals surface area (Å²) in [6, 6.07) is 9.85. The minimum absolute atomic E-state index is 0.267. The largest absolute Gasteiger partial charge is 0.497 e. The molecule has 0 unspecified atom stereocenters. The molecule has 0 saturated heterocycles. The van der Waals surface area contributed by atoms with Crippen LogP contribution in [-0.4, -0.2) is 12.1 Å². The van der Waals surface area contributed by atoms with Gasteiger partial charge in [-0.15, -0.1) is 0 Å². The van der Waals surface area contributed by atoms with Crippen molar-refractivity contribution in [2.24, 2.45) is 0 Å². The van der Waals surface area contributed by atoms with E-state index in [9.17, 15) is 4.39 Å². The maximum Gasteiger partial charge on any atom is 0.123 e. The van der Waals surface area contributed by atoms with Gasteiger partial charge in [0.05, 0.1) is 12.8 Å². The predicted molar refractivity (Wildman–Crippen MR) is 56.2 cm³/mol. The molecule has 1 heterocycles. The highest BCUT2D eigenvalue weighted by atomic mass is 19.1. The number of hydrogen-bond acceptors (Lipinski definition) is 2. The van der Waals surface area contributed by atoms with Crippen molar-refractivity contribution in [1.82, 2.24) is 4.98 Å². The van der Waals surface area contributed by atoms with Crippen molar-refractivity contribution in [2.45, 2.75) is 0 Å². The van der Waals surface area contributed by atoms with Gasteiger partial charge in [-0.05, 0) is 18.2 Å². The van der Waals surface area contributed by atoms with Crippen molar-refractivity contribution in [1.29, 1.82) is 0 Å². The molecule has 2 aromatic rings. The fourth-order valence-corrected chi connectivity index (χ4v) is 1.34. The number of aromatic nitrogens is 1. The van der Waals surface area contributed by atoms with Crippen LogP contribution in [-0.2, 0) is 0 Å². The van der Waals surface area contributed by atoms with Crippen LogP contribution in [0.1, 0.15) is 0 Å². The first-order chi connectivity index (χ1) is 7.29. The van der Waals surface area contributed by atoms with Gasteiger partial charge in [0.25, 0.3) is 0 Å². The van der Waals surface area contributed by atoms with E-state index >= 15 is 0 Å². The standard InChI is InChI=1S/C12H10FNO/c1-15-11-5-6-14-12(8-11)9-3-2-4-10(13)7-9/h2-8H,1H3. The lowest BCUT2D eigenvalue weighted by molar-refractivity contribution is 0.414. The topological polar surface area (TPSA) is 22.1 Å². The molecular weight excluding hydrogens is 193 g/mol. The molecule has 0 saturated carbocycles. The van der Waals surface area contributed by atoms with E-state index in [1.807, 2.05) is 6.07 Å². The Kier molecular flexibility index (Phi) is 2.63. The van der Waals surface area contributed by atoms with Crippen LogP contribution in [0.5, 0.6) is 5.75 Å². The SMILES string of the molecule is COc1ccnc(-c2cccc(F)c2)c1. The molecule has 0 atom stereocenters. The van der Waals surface area contributed by atoms with Gasteiger partial charge in [0.1, 0.15) is 11.6 Å². The number of hydrogen-bond donors (Lipinski definition) is 0. The highest BCUT2D eigenvalue weighted by Crippen LogP contribution is 2.21. The van der Waals surface area contributed by atoms with E-state index < -0.39 is 0 Å². The second-order valence-electron chi connectivity index (χ2n) is 3.09. The summed E-state index contributed by atoms with van der Waals surface area (Å²) in [6.07, 6.45) is 1.64. The van der Waals surface area contributed by atoms with E-state index in [2.05, 4.69) is 4.98 Å². The number of pyridine rings is 1. The summed E-state index contributed by atoms with van der Waals surface area (Å²) in [5.74, 6) is 0.446. The molecule has 0 aliphatic heterocycles. The molecule has 15 heavy (non-hydrogen) atoms. The number of ether oxygens (including phenoxy) is 1. The monoisotopic (exact) mass is 203 g/mol. The molecule has 0 N–H and O–H groups in total. The van der Waals surface area contributed by atoms with Gasteiger partial charge in [0.15, 0.2) is 0 Å². The third-order valence-corrected chi connectivity index (χ3v) is 2.09. The summed E-state index contributed by atoms with van der Waals surface area (Å²) >= 11 is 0. The van der Waals surface area contributed by atoms with Gasteiger partial charge >= 0.3 is 0 Å². The Bertz CT molecular complexity index is 471. The first-order valence-electron chi connectivity index (χ1n) is 4.55. The molecule has 0 bridgehead atoms. The Hall–Kier alpha value is -1.90. The van der Waals surface area contributed by atoms with Crippen molar-refractivity contribution in [3.8, 4) is 17.0 Å². The van der Waals surface area contributed by atoms with Crippen molar-refractivity contribution in [3.63, 3.8) is 0 Å². The van der Waals surface area contributed by atoms with Crippen LogP contribution in [0.2, 0.25) is 0 Å². The van der Waals surface area contributed by atoms with Crippen LogP contribution in [0.3, 0.4) is 0 Å². The molecule has 0 amide bonds. The third kappa shape index (κ3) is 2.13. The average Bonchev–Trinajstić information content (AvgIpc) is 2.29. The minimum atomic E-state index is -0.267. The Morgan fingerprint density at radius 1 is 1.20 bits per heavy atom. The minimum Gasteiger partial charge on any atom is -0.497 e. The molecular formula is C12H10FNO. The van der Waals surface area contributed by atoms with Gasteiger partial charge in [0.2, 0.25) is 0 Å². The van der Waals surface area contributed by atoms with E-state index in [1.165, 1.54) is 12.1 Å². The Labute approximate surface area is 87.4 Å². The Morgan fingerprint density at radius 2 is 2.07 bits per heavy atom. The maximum atomic E-state index is 13.0. The van der Waals surface area contributed by atoms with Crippen molar-refractivity contribution in [3.05, 3.63) is 48.4 Å². The molecule has 76 valence electrons. The van der Waals surface area contributed by atoms with Gasteiger partial charge in [-0.3, -0.25) is 4.98 Å². The van der Waals surface area contributed by atoms with Crippen molar-refractivity contribution < 1.29 is 9.13 Å². The fraction of sp³-hybridized carbons (Fsp3) is 0.0833. The van der Waals surface area contributed by atoms with Crippen LogP contribution in [0.4, 0.5) is 4.39 Å². The van der Waals surface area contributed by atoms with Gasteiger partial charge in [-0.25, -0.2) is 4.39 Å². The van der Waals surface area contributed by atoms with Crippen LogP contribution >= 0.6 is 0 Å². The van der Waals surface area contributed by atoms with E-state index in [0.29, 0.717) is 11.4 Å². The fourth-order valence-electron chi connectivity index (χ4n) is 1.34. The lowest BCUT2D eigenvalue weighted by atomic mass is 10.1. The van der Waals surface area contributed by atoms with Gasteiger partial charge in [0, 0.05) is 17.8 Å². The summed E-state index contributed by atoms with van der Waals surface area (Å²) in [7, 11) is 1.59. The molecule has 0 spiro atoms. The summed E-state index contributed by atoms with van der Waals surface area (Å²) in [5.41, 5.74) is 1.45. The van der Waals surface area contributed by atoms with Crippen LogP contribution < -0.4 is 4.74 Å². The molecule has 1 aromatic heterocycles. The van der Waals surface area contributed by atoms with E-state index in [-0.39, 0.29) is 5.82 Å². The zero-order valence-corrected chi connectivity index (χ0v) is 8.27. The average molecular weight is 203 g/mol. The molecule has 3 heteroatoms. The highest BCUT2D eigenvalue weighted by molar-refractivity contribution is 5.60. The quantitative estimate of drug-likeness (QED) is 0.748. The zero-order chi connectivity index (χ0) is 10.7. The molecule has 2 nitrogen and oxygen atoms in total.